The molecule has 0 unspecified atom stereocenters. The van der Waals surface area contributed by atoms with Crippen LogP contribution in [0.5, 0.6) is 5.88 Å². The third kappa shape index (κ3) is 3.37. The molecule has 1 aliphatic rings. The number of rotatable bonds is 5. The molecule has 0 bridgehead atoms. The van der Waals surface area contributed by atoms with E-state index in [0.717, 1.165) is 33.2 Å². The quantitative estimate of drug-likeness (QED) is 0.536. The fraction of sp³-hybridized carbons (Fsp3) is 0.333. The number of benzene rings is 1. The monoisotopic (exact) mass is 453 g/mol. The lowest BCUT2D eigenvalue weighted by molar-refractivity contribution is -0.139. The third-order valence-electron chi connectivity index (χ3n) is 4.07. The Balaban J connectivity index is 2.19. The summed E-state index contributed by atoms with van der Waals surface area (Å²) < 4.78 is 11.9. The summed E-state index contributed by atoms with van der Waals surface area (Å²) in [6, 6.07) is 7.99. The molecule has 0 amide bonds. The Morgan fingerprint density at radius 3 is 2.92 bits per heavy atom. The number of aryl methyl sites for hydroxylation is 1. The molecule has 3 rings (SSSR count). The van der Waals surface area contributed by atoms with Crippen LogP contribution in [0.15, 0.2) is 35.7 Å². The van der Waals surface area contributed by atoms with E-state index in [9.17, 15) is 4.79 Å². The van der Waals surface area contributed by atoms with E-state index in [0.29, 0.717) is 11.5 Å². The SMILES string of the molecule is CCCc1[nH]nc2c1[C@H](c1cccc(I)c1)C(C(=O)OCC)=C(N)O2. The van der Waals surface area contributed by atoms with Gasteiger partial charge in [-0.25, -0.2) is 4.79 Å². The van der Waals surface area contributed by atoms with Crippen LogP contribution < -0.4 is 10.5 Å². The maximum Gasteiger partial charge on any atom is 0.340 e. The van der Waals surface area contributed by atoms with Gasteiger partial charge >= 0.3 is 5.97 Å². The minimum Gasteiger partial charge on any atom is -0.462 e. The highest BCUT2D eigenvalue weighted by Crippen LogP contribution is 2.43. The Kier molecular flexibility index (Phi) is 5.31. The van der Waals surface area contributed by atoms with E-state index in [1.165, 1.54) is 0 Å². The number of hydrogen-bond donors (Lipinski definition) is 2. The first kappa shape index (κ1) is 17.8. The predicted molar refractivity (Wildman–Crippen MR) is 102 cm³/mol. The third-order valence-corrected chi connectivity index (χ3v) is 4.75. The lowest BCUT2D eigenvalue weighted by atomic mass is 9.83. The molecule has 1 atom stereocenters. The van der Waals surface area contributed by atoms with Crippen molar-refractivity contribution >= 4 is 28.6 Å². The van der Waals surface area contributed by atoms with Crippen molar-refractivity contribution in [3.63, 3.8) is 0 Å². The van der Waals surface area contributed by atoms with Gasteiger partial charge in [0.15, 0.2) is 0 Å². The second-order valence-corrected chi connectivity index (χ2v) is 7.01. The molecule has 1 aliphatic heterocycles. The number of carbonyl (C=O) groups excluding carboxylic acids is 1. The van der Waals surface area contributed by atoms with Gasteiger partial charge in [-0.1, -0.05) is 25.5 Å². The number of hydrogen-bond acceptors (Lipinski definition) is 5. The van der Waals surface area contributed by atoms with Crippen LogP contribution in [0.25, 0.3) is 0 Å². The first-order valence-corrected chi connectivity index (χ1v) is 9.31. The highest BCUT2D eigenvalue weighted by molar-refractivity contribution is 14.1. The molecular formula is C18H20IN3O3. The summed E-state index contributed by atoms with van der Waals surface area (Å²) >= 11 is 2.25. The second-order valence-electron chi connectivity index (χ2n) is 5.76. The summed E-state index contributed by atoms with van der Waals surface area (Å²) in [6.45, 7) is 4.13. The fourth-order valence-electron chi connectivity index (χ4n) is 3.08. The number of ether oxygens (including phenoxy) is 2. The molecule has 2 aromatic rings. The summed E-state index contributed by atoms with van der Waals surface area (Å²) in [5.74, 6) is -0.349. The minimum absolute atomic E-state index is 0.0457. The summed E-state index contributed by atoms with van der Waals surface area (Å²) in [7, 11) is 0. The molecule has 132 valence electrons. The fourth-order valence-corrected chi connectivity index (χ4v) is 3.64. The lowest BCUT2D eigenvalue weighted by Gasteiger charge is -2.26. The van der Waals surface area contributed by atoms with Gasteiger partial charge in [0.25, 0.3) is 0 Å². The number of esters is 1. The van der Waals surface area contributed by atoms with Gasteiger partial charge in [-0.05, 0) is 53.6 Å². The average molecular weight is 453 g/mol. The molecule has 1 aromatic carbocycles. The molecule has 1 aromatic heterocycles. The predicted octanol–water partition coefficient (Wildman–Crippen LogP) is 3.22. The van der Waals surface area contributed by atoms with Crippen LogP contribution in [0.2, 0.25) is 0 Å². The smallest absolute Gasteiger partial charge is 0.340 e. The summed E-state index contributed by atoms with van der Waals surface area (Å²) in [5, 5.41) is 7.28. The van der Waals surface area contributed by atoms with Crippen molar-refractivity contribution in [2.24, 2.45) is 5.73 Å². The van der Waals surface area contributed by atoms with Gasteiger partial charge in [0.05, 0.1) is 12.5 Å². The molecule has 0 saturated heterocycles. The summed E-state index contributed by atoms with van der Waals surface area (Å²) in [4.78, 5) is 12.6. The summed E-state index contributed by atoms with van der Waals surface area (Å²) in [5.41, 5.74) is 9.18. The maximum absolute atomic E-state index is 12.6. The van der Waals surface area contributed by atoms with Crippen LogP contribution in [-0.4, -0.2) is 22.8 Å². The topological polar surface area (TPSA) is 90.2 Å². The molecule has 6 nitrogen and oxygen atoms in total. The molecule has 0 spiro atoms. The first-order chi connectivity index (χ1) is 12.1. The van der Waals surface area contributed by atoms with E-state index < -0.39 is 5.97 Å². The molecule has 0 saturated carbocycles. The standard InChI is InChI=1S/C18H20IN3O3/c1-3-6-12-14-13(10-7-5-8-11(19)9-10)15(18(23)24-4-2)16(20)25-17(14)22-21-12/h5,7-9,13H,3-4,6,20H2,1-2H3,(H,21,22)/t13-/m0/s1. The van der Waals surface area contributed by atoms with Gasteiger partial charge in [-0.15, -0.1) is 5.10 Å². The molecule has 0 fully saturated rings. The number of carbonyl (C=O) groups is 1. The number of nitrogens with zero attached hydrogens (tertiary/aromatic N) is 1. The van der Waals surface area contributed by atoms with E-state index in [1.807, 2.05) is 24.3 Å². The molecule has 2 heterocycles. The van der Waals surface area contributed by atoms with E-state index in [1.54, 1.807) is 6.92 Å². The zero-order valence-electron chi connectivity index (χ0n) is 14.1. The number of nitrogens with one attached hydrogen (secondary N) is 1. The summed E-state index contributed by atoms with van der Waals surface area (Å²) in [6.07, 6.45) is 1.75. The van der Waals surface area contributed by atoms with Crippen molar-refractivity contribution in [2.45, 2.75) is 32.6 Å². The minimum atomic E-state index is -0.460. The van der Waals surface area contributed by atoms with Gasteiger partial charge in [-0.3, -0.25) is 5.10 Å². The molecular weight excluding hydrogens is 433 g/mol. The number of H-pyrrole nitrogens is 1. The van der Waals surface area contributed by atoms with Gasteiger partial charge in [0.2, 0.25) is 11.8 Å². The number of fused-ring (bicyclic) bond motifs is 1. The number of halogens is 1. The number of aromatic nitrogens is 2. The molecule has 7 heteroatoms. The van der Waals surface area contributed by atoms with Crippen molar-refractivity contribution < 1.29 is 14.3 Å². The largest absolute Gasteiger partial charge is 0.462 e. The first-order valence-electron chi connectivity index (χ1n) is 8.24. The van der Waals surface area contributed by atoms with E-state index in [4.69, 9.17) is 15.2 Å². The Hall–Kier alpha value is -2.03. The molecule has 0 radical (unpaired) electrons. The van der Waals surface area contributed by atoms with Crippen LogP contribution in [-0.2, 0) is 16.0 Å². The normalized spacial score (nSPS) is 16.4. The van der Waals surface area contributed by atoms with Gasteiger partial charge < -0.3 is 15.2 Å². The van der Waals surface area contributed by atoms with E-state index in [2.05, 4.69) is 39.7 Å². The molecule has 0 aliphatic carbocycles. The van der Waals surface area contributed by atoms with Crippen LogP contribution in [0.4, 0.5) is 0 Å². The van der Waals surface area contributed by atoms with Crippen molar-refractivity contribution in [1.29, 1.82) is 0 Å². The Labute approximate surface area is 159 Å². The average Bonchev–Trinajstić information content (AvgIpc) is 2.96. The Morgan fingerprint density at radius 1 is 1.44 bits per heavy atom. The van der Waals surface area contributed by atoms with E-state index in [-0.39, 0.29) is 18.4 Å². The molecule has 3 N–H and O–H groups in total. The van der Waals surface area contributed by atoms with Gasteiger partial charge in [0, 0.05) is 14.8 Å². The van der Waals surface area contributed by atoms with Crippen LogP contribution in [0.3, 0.4) is 0 Å². The highest BCUT2D eigenvalue weighted by atomic mass is 127. The van der Waals surface area contributed by atoms with Crippen LogP contribution in [0.1, 0.15) is 43.0 Å². The maximum atomic E-state index is 12.6. The van der Waals surface area contributed by atoms with Crippen molar-refractivity contribution in [3.8, 4) is 5.88 Å². The van der Waals surface area contributed by atoms with Crippen LogP contribution >= 0.6 is 22.6 Å². The van der Waals surface area contributed by atoms with Crippen molar-refractivity contribution in [2.75, 3.05) is 6.61 Å². The zero-order valence-corrected chi connectivity index (χ0v) is 16.3. The zero-order chi connectivity index (χ0) is 18.0. The van der Waals surface area contributed by atoms with E-state index >= 15 is 0 Å². The van der Waals surface area contributed by atoms with Crippen molar-refractivity contribution in [3.05, 3.63) is 56.1 Å². The highest BCUT2D eigenvalue weighted by Gasteiger charge is 2.38. The van der Waals surface area contributed by atoms with Gasteiger partial charge in [-0.2, -0.15) is 0 Å². The molecule has 25 heavy (non-hydrogen) atoms. The second kappa shape index (κ2) is 7.47. The lowest BCUT2D eigenvalue weighted by Crippen LogP contribution is -2.27. The number of nitrogens with two attached hydrogens (primary N) is 1. The van der Waals surface area contributed by atoms with Crippen LogP contribution in [0, 0.1) is 3.57 Å². The number of aromatic amines is 1. The van der Waals surface area contributed by atoms with Gasteiger partial charge in [0.1, 0.15) is 5.57 Å². The van der Waals surface area contributed by atoms with Crippen molar-refractivity contribution in [1.82, 2.24) is 10.2 Å². The Morgan fingerprint density at radius 2 is 2.24 bits per heavy atom. The Bertz CT molecular complexity index is 829.